The van der Waals surface area contributed by atoms with E-state index >= 15 is 0 Å². The van der Waals surface area contributed by atoms with Gasteiger partial charge in [-0.15, -0.1) is 0 Å². The average molecular weight is 145 g/mol. The summed E-state index contributed by atoms with van der Waals surface area (Å²) in [4.78, 5) is 8.89. The summed E-state index contributed by atoms with van der Waals surface area (Å²) in [6.45, 7) is 2.56. The zero-order chi connectivity index (χ0) is 3.58. The van der Waals surface area contributed by atoms with Crippen molar-refractivity contribution in [3.63, 3.8) is 0 Å². The summed E-state index contributed by atoms with van der Waals surface area (Å²) in [5, 5.41) is 7.31. The Bertz CT molecular complexity index is 30.6. The number of hydrogen-bond donors (Lipinski definition) is 1. The molecule has 5 heavy (non-hydrogen) atoms. The fourth-order valence-electron chi connectivity index (χ4n) is 0. The smallest absolute Gasteiger partial charge is 0.503 e. The van der Waals surface area contributed by atoms with Gasteiger partial charge < -0.3 is 5.11 Å². The van der Waals surface area contributed by atoms with Gasteiger partial charge in [-0.3, -0.25) is 11.7 Å². The predicted octanol–water partition coefficient (Wildman–Crippen LogP) is -3.09. The quantitative estimate of drug-likeness (QED) is 0.366. The van der Waals surface area contributed by atoms with E-state index in [4.69, 9.17) is 9.90 Å². The van der Waals surface area contributed by atoms with Crippen LogP contribution in [-0.4, -0.2) is 11.1 Å². The predicted molar refractivity (Wildman–Crippen MR) is 13.0 cm³/mol. The van der Waals surface area contributed by atoms with Crippen molar-refractivity contribution in [3.05, 3.63) is 6.92 Å². The van der Waals surface area contributed by atoms with Crippen molar-refractivity contribution in [2.45, 2.75) is 0 Å². The molecule has 0 atom stereocenters. The van der Waals surface area contributed by atoms with Gasteiger partial charge in [0.15, 0.2) is 5.97 Å². The van der Waals surface area contributed by atoms with E-state index in [-0.39, 0.29) is 58.2 Å². The van der Waals surface area contributed by atoms with E-state index in [9.17, 15) is 0 Å². The second-order valence-electron chi connectivity index (χ2n) is 0.394. The molecule has 0 fully saturated rings. The summed E-state index contributed by atoms with van der Waals surface area (Å²) < 4.78 is 0. The van der Waals surface area contributed by atoms with Crippen molar-refractivity contribution in [3.8, 4) is 0 Å². The maximum Gasteiger partial charge on any atom is 1.00 e. The van der Waals surface area contributed by atoms with E-state index in [1.807, 2.05) is 0 Å². The Labute approximate surface area is 79.4 Å². The van der Waals surface area contributed by atoms with Crippen molar-refractivity contribution in [2.75, 3.05) is 0 Å². The molecule has 2 nitrogen and oxygen atoms in total. The summed E-state index contributed by atoms with van der Waals surface area (Å²) in [6, 6.07) is 0. The first-order valence-electron chi connectivity index (χ1n) is 0.781. The molecule has 0 aromatic heterocycles. The molecule has 0 unspecified atom stereocenters. The summed E-state index contributed by atoms with van der Waals surface area (Å²) in [7, 11) is 0. The van der Waals surface area contributed by atoms with Gasteiger partial charge in [0.2, 0.25) is 0 Å². The minimum atomic E-state index is -1.08. The molecule has 1 N–H and O–H groups in total. The van der Waals surface area contributed by atoms with Gasteiger partial charge in [0.25, 0.3) is 0 Å². The van der Waals surface area contributed by atoms with Crippen LogP contribution in [0.2, 0.25) is 0 Å². The second kappa shape index (κ2) is 5.15. The normalized spacial score (nSPS) is 4.80. The maximum absolute atomic E-state index is 8.89. The van der Waals surface area contributed by atoms with Gasteiger partial charge in [-0.25, -0.2) is 0 Å². The van der Waals surface area contributed by atoms with Gasteiger partial charge in [0.1, 0.15) is 0 Å². The van der Waals surface area contributed by atoms with E-state index < -0.39 is 5.97 Å². The van der Waals surface area contributed by atoms with Crippen molar-refractivity contribution in [1.82, 2.24) is 0 Å². The minimum absolute atomic E-state index is 0. The largest absolute Gasteiger partial charge is 1.00 e. The average Bonchev–Trinajstić information content (AvgIpc) is 0.811. The van der Waals surface area contributed by atoms with Crippen molar-refractivity contribution in [2.24, 2.45) is 0 Å². The molecule has 0 heterocycles. The number of carbonyl (C=O) groups is 1. The Kier molecular flexibility index (Phi) is 9.74. The fraction of sp³-hybridized carbons (Fsp3) is 0. The zero-order valence-electron chi connectivity index (χ0n) is 3.06. The number of hydrogen-bond acceptors (Lipinski definition) is 1. The third-order valence-corrected chi connectivity index (χ3v) is 0. The van der Waals surface area contributed by atoms with Crippen LogP contribution in [0.1, 0.15) is 0 Å². The molecule has 0 aliphatic rings. The summed E-state index contributed by atoms with van der Waals surface area (Å²) in [5.41, 5.74) is 0. The number of aliphatic carboxylic acids is 1. The third-order valence-electron chi connectivity index (χ3n) is 0. The molecule has 0 aliphatic carbocycles. The van der Waals surface area contributed by atoms with Gasteiger partial charge >= 0.3 is 58.2 Å². The van der Waals surface area contributed by atoms with Crippen LogP contribution >= 0.6 is 0 Å². The van der Waals surface area contributed by atoms with E-state index in [1.165, 1.54) is 0 Å². The van der Waals surface area contributed by atoms with Gasteiger partial charge in [0, 0.05) is 0 Å². The van der Waals surface area contributed by atoms with Gasteiger partial charge in [-0.1, -0.05) is 0 Å². The molecule has 0 spiro atoms. The topological polar surface area (TPSA) is 37.3 Å². The van der Waals surface area contributed by atoms with Gasteiger partial charge in [-0.2, -0.15) is 0 Å². The Hall–Kier alpha value is 1.15. The second-order valence-corrected chi connectivity index (χ2v) is 0.394. The van der Waals surface area contributed by atoms with Crippen LogP contribution in [0.5, 0.6) is 0 Å². The Morgan fingerprint density at radius 2 is 1.80 bits per heavy atom. The van der Waals surface area contributed by atoms with E-state index in [0.29, 0.717) is 0 Å². The standard InChI is InChI=1S/C2H3O2.Rb/c1-2(3)4;/h1H2,(H,3,4);/q-1;+1. The molecule has 0 rings (SSSR count). The van der Waals surface area contributed by atoms with Gasteiger partial charge in [-0.05, 0) is 0 Å². The van der Waals surface area contributed by atoms with Gasteiger partial charge in [0.05, 0.1) is 0 Å². The number of rotatable bonds is 0. The number of carboxylic acids is 1. The van der Waals surface area contributed by atoms with Crippen LogP contribution < -0.4 is 58.2 Å². The molecule has 0 amide bonds. The molecule has 0 radical (unpaired) electrons. The summed E-state index contributed by atoms with van der Waals surface area (Å²) >= 11 is 0. The van der Waals surface area contributed by atoms with Crippen molar-refractivity contribution < 1.29 is 68.1 Å². The monoisotopic (exact) mass is 144 g/mol. The molecule has 0 saturated heterocycles. The Morgan fingerprint density at radius 3 is 1.80 bits per heavy atom. The molecule has 0 aromatic rings. The summed E-state index contributed by atoms with van der Waals surface area (Å²) in [6.07, 6.45) is 0. The molecule has 0 saturated carbocycles. The fourth-order valence-corrected chi connectivity index (χ4v) is 0. The van der Waals surface area contributed by atoms with E-state index in [2.05, 4.69) is 6.92 Å². The Balaban J connectivity index is 0. The van der Waals surface area contributed by atoms with Crippen LogP contribution in [0, 0.1) is 6.92 Å². The zero-order valence-corrected chi connectivity index (χ0v) is 7.98. The first-order chi connectivity index (χ1) is 1.73. The molecule has 0 aliphatic heterocycles. The van der Waals surface area contributed by atoms with Crippen molar-refractivity contribution in [1.29, 1.82) is 0 Å². The molecule has 0 bridgehead atoms. The van der Waals surface area contributed by atoms with Crippen LogP contribution in [0.4, 0.5) is 0 Å². The molecule has 3 heteroatoms. The van der Waals surface area contributed by atoms with Crippen LogP contribution in [0.25, 0.3) is 0 Å². The Morgan fingerprint density at radius 1 is 1.80 bits per heavy atom. The third kappa shape index (κ3) is 38.8. The van der Waals surface area contributed by atoms with Crippen molar-refractivity contribution >= 4 is 5.97 Å². The summed E-state index contributed by atoms with van der Waals surface area (Å²) in [5.74, 6) is -1.08. The minimum Gasteiger partial charge on any atom is -0.503 e. The molecular formula is C2H3O2Rb. The number of carboxylic acid groups (broad SMARTS) is 1. The molecule has 24 valence electrons. The maximum atomic E-state index is 8.89. The molecular weight excluding hydrogens is 141 g/mol. The first kappa shape index (κ1) is 9.47. The molecule has 0 aromatic carbocycles. The first-order valence-corrected chi connectivity index (χ1v) is 0.781. The van der Waals surface area contributed by atoms with E-state index in [1.54, 1.807) is 0 Å². The van der Waals surface area contributed by atoms with Crippen LogP contribution in [0.3, 0.4) is 0 Å². The van der Waals surface area contributed by atoms with Crippen LogP contribution in [0.15, 0.2) is 0 Å². The van der Waals surface area contributed by atoms with E-state index in [0.717, 1.165) is 0 Å². The van der Waals surface area contributed by atoms with Crippen LogP contribution in [-0.2, 0) is 4.79 Å². The SMILES string of the molecule is [CH2-]C(=O)O.[Rb+].